The Morgan fingerprint density at radius 3 is 1.81 bits per heavy atom. The van der Waals surface area contributed by atoms with Gasteiger partial charge in [-0.25, -0.2) is 9.59 Å². The zero-order valence-electron chi connectivity index (χ0n) is 37.8. The number of nitrogens with zero attached hydrogens (tertiary/aromatic N) is 2. The average Bonchev–Trinajstić information content (AvgIpc) is 3.71. The third-order valence-corrected chi connectivity index (χ3v) is 11.3. The molecule has 16 heteroatoms. The van der Waals surface area contributed by atoms with Crippen molar-refractivity contribution in [2.24, 2.45) is 17.8 Å². The van der Waals surface area contributed by atoms with Crippen molar-refractivity contribution in [3.63, 3.8) is 0 Å². The molecule has 1 atom stereocenters. The van der Waals surface area contributed by atoms with Crippen LogP contribution in [0.25, 0.3) is 0 Å². The number of ether oxygens (including phenoxy) is 5. The number of esters is 1. The van der Waals surface area contributed by atoms with Gasteiger partial charge in [0.2, 0.25) is 24.5 Å². The SMILES string of the molecule is CC(C)(C)OC(=O)N1CCC(CCC(CCC2CCN(C(=O)OC(C)(C)C)CC2)C(=O)NCC(=O)N[C@@H](CC(=O)OCc2ccccc2)C(=O)NCc2ccc3c(c2)OCO3)CC1. The van der Waals surface area contributed by atoms with Gasteiger partial charge in [0, 0.05) is 38.6 Å². The molecule has 2 aromatic carbocycles. The Bertz CT molecular complexity index is 1810. The van der Waals surface area contributed by atoms with Gasteiger partial charge in [-0.15, -0.1) is 0 Å². The van der Waals surface area contributed by atoms with E-state index in [0.29, 0.717) is 62.4 Å². The number of likely N-dealkylation sites (tertiary alicyclic amines) is 2. The fourth-order valence-electron chi connectivity index (χ4n) is 7.83. The maximum Gasteiger partial charge on any atom is 0.410 e. The molecule has 3 aliphatic heterocycles. The first-order valence-electron chi connectivity index (χ1n) is 22.3. The van der Waals surface area contributed by atoms with Crippen molar-refractivity contribution in [1.29, 1.82) is 0 Å². The van der Waals surface area contributed by atoms with E-state index in [1.54, 1.807) is 28.0 Å². The van der Waals surface area contributed by atoms with E-state index in [9.17, 15) is 28.8 Å². The van der Waals surface area contributed by atoms with E-state index < -0.39 is 48.0 Å². The molecule has 0 aromatic heterocycles. The van der Waals surface area contributed by atoms with Gasteiger partial charge in [0.05, 0.1) is 13.0 Å². The molecule has 16 nitrogen and oxygen atoms in total. The second-order valence-corrected chi connectivity index (χ2v) is 18.8. The van der Waals surface area contributed by atoms with Crippen LogP contribution in [0.4, 0.5) is 9.59 Å². The second kappa shape index (κ2) is 22.7. The summed E-state index contributed by atoms with van der Waals surface area (Å²) >= 11 is 0. The van der Waals surface area contributed by atoms with Crippen molar-refractivity contribution in [3.8, 4) is 11.5 Å². The zero-order valence-corrected chi connectivity index (χ0v) is 37.8. The van der Waals surface area contributed by atoms with E-state index in [2.05, 4.69) is 16.0 Å². The number of carbonyl (C=O) groups excluding carboxylic acids is 6. The molecule has 3 N–H and O–H groups in total. The summed E-state index contributed by atoms with van der Waals surface area (Å²) in [5.74, 6) is -0.786. The zero-order chi connectivity index (χ0) is 45.6. The first-order valence-corrected chi connectivity index (χ1v) is 22.3. The number of amides is 5. The average molecular weight is 878 g/mol. The van der Waals surface area contributed by atoms with Crippen molar-refractivity contribution in [1.82, 2.24) is 25.8 Å². The van der Waals surface area contributed by atoms with E-state index in [0.717, 1.165) is 49.7 Å². The molecule has 0 saturated carbocycles. The van der Waals surface area contributed by atoms with E-state index in [-0.39, 0.29) is 44.0 Å². The van der Waals surface area contributed by atoms with Gasteiger partial charge in [0.15, 0.2) is 11.5 Å². The first kappa shape index (κ1) is 48.5. The lowest BCUT2D eigenvalue weighted by molar-refractivity contribution is -0.147. The third-order valence-electron chi connectivity index (χ3n) is 11.3. The molecule has 0 spiro atoms. The van der Waals surface area contributed by atoms with E-state index in [1.807, 2.05) is 71.9 Å². The lowest BCUT2D eigenvalue weighted by atomic mass is 9.84. The molecule has 0 aliphatic carbocycles. The van der Waals surface area contributed by atoms with Crippen molar-refractivity contribution in [3.05, 3.63) is 59.7 Å². The number of piperidine rings is 2. The minimum atomic E-state index is -1.28. The number of benzene rings is 2. The van der Waals surface area contributed by atoms with Crippen LogP contribution in [0.1, 0.15) is 110 Å². The predicted molar refractivity (Wildman–Crippen MR) is 233 cm³/mol. The maximum atomic E-state index is 13.9. The third kappa shape index (κ3) is 16.6. The standard InChI is InChI=1S/C47H67N5O11/c1-46(2,3)62-44(57)51-22-18-32(19-23-51)12-15-36(16-13-33-20-24-52(25-21-33)45(58)63-47(4,5)6)42(55)49-29-40(53)50-37(27-41(54)59-30-34-10-8-7-9-11-34)43(56)48-28-35-14-17-38-39(26-35)61-31-60-38/h7-11,14,17,26,32-33,36-37H,12-13,15-16,18-25,27-31H2,1-6H3,(H,48,56)(H,49,55)(H,50,53)/t37-/m0/s1. The monoisotopic (exact) mass is 877 g/mol. The molecule has 0 unspecified atom stereocenters. The van der Waals surface area contributed by atoms with Crippen molar-refractivity contribution < 1.29 is 52.5 Å². The minimum absolute atomic E-state index is 0.00229. The Hall–Kier alpha value is -5.54. The molecular weight excluding hydrogens is 811 g/mol. The number of hydrogen-bond donors (Lipinski definition) is 3. The van der Waals surface area contributed by atoms with Crippen molar-refractivity contribution in [2.75, 3.05) is 39.5 Å². The molecule has 346 valence electrons. The van der Waals surface area contributed by atoms with E-state index in [1.165, 1.54) is 0 Å². The van der Waals surface area contributed by atoms with E-state index in [4.69, 9.17) is 23.7 Å². The normalized spacial score (nSPS) is 16.2. The molecule has 5 amide bonds. The van der Waals surface area contributed by atoms with Crippen LogP contribution in [0, 0.1) is 17.8 Å². The van der Waals surface area contributed by atoms with Crippen molar-refractivity contribution >= 4 is 35.9 Å². The van der Waals surface area contributed by atoms with Crippen LogP contribution in [-0.2, 0) is 46.5 Å². The lowest BCUT2D eigenvalue weighted by Gasteiger charge is -2.34. The van der Waals surface area contributed by atoms with Crippen LogP contribution in [0.2, 0.25) is 0 Å². The summed E-state index contributed by atoms with van der Waals surface area (Å²) in [6.45, 7) is 13.2. The van der Waals surface area contributed by atoms with Gasteiger partial charge >= 0.3 is 18.2 Å². The highest BCUT2D eigenvalue weighted by atomic mass is 16.7. The molecular formula is C47H67N5O11. The summed E-state index contributed by atoms with van der Waals surface area (Å²) in [6, 6.07) is 13.1. The Kier molecular flexibility index (Phi) is 17.5. The van der Waals surface area contributed by atoms with Gasteiger partial charge < -0.3 is 49.4 Å². The largest absolute Gasteiger partial charge is 0.461 e. The Morgan fingerprint density at radius 2 is 1.25 bits per heavy atom. The minimum Gasteiger partial charge on any atom is -0.461 e. The molecule has 3 aliphatic rings. The molecule has 5 rings (SSSR count). The topological polar surface area (TPSA) is 191 Å². The highest BCUT2D eigenvalue weighted by Crippen LogP contribution is 2.33. The fourth-order valence-corrected chi connectivity index (χ4v) is 7.83. The Labute approximate surface area is 371 Å². The summed E-state index contributed by atoms with van der Waals surface area (Å²) < 4.78 is 27.4. The van der Waals surface area contributed by atoms with Crippen LogP contribution in [0.3, 0.4) is 0 Å². The number of fused-ring (bicyclic) bond motifs is 1. The quantitative estimate of drug-likeness (QED) is 0.121. The van der Waals surface area contributed by atoms with Crippen LogP contribution < -0.4 is 25.4 Å². The summed E-state index contributed by atoms with van der Waals surface area (Å²) in [6.07, 6.45) is 4.87. The molecule has 2 fully saturated rings. The highest BCUT2D eigenvalue weighted by Gasteiger charge is 2.31. The molecule has 0 bridgehead atoms. The number of hydrogen-bond acceptors (Lipinski definition) is 11. The fraction of sp³-hybridized carbons (Fsp3) is 0.617. The summed E-state index contributed by atoms with van der Waals surface area (Å²) in [5.41, 5.74) is 0.349. The van der Waals surface area contributed by atoms with Crippen molar-refractivity contribution in [2.45, 2.75) is 130 Å². The number of nitrogens with one attached hydrogen (secondary N) is 3. The molecule has 3 heterocycles. The maximum absolute atomic E-state index is 13.9. The summed E-state index contributed by atoms with van der Waals surface area (Å²) in [5, 5.41) is 8.24. The molecule has 2 saturated heterocycles. The van der Waals surface area contributed by atoms with Gasteiger partial charge in [0.25, 0.3) is 0 Å². The van der Waals surface area contributed by atoms with Crippen LogP contribution >= 0.6 is 0 Å². The molecule has 2 aromatic rings. The molecule has 63 heavy (non-hydrogen) atoms. The van der Waals surface area contributed by atoms with E-state index >= 15 is 0 Å². The van der Waals surface area contributed by atoms with Gasteiger partial charge in [-0.1, -0.05) is 36.4 Å². The van der Waals surface area contributed by atoms with Gasteiger partial charge in [-0.3, -0.25) is 19.2 Å². The van der Waals surface area contributed by atoms with Crippen LogP contribution in [-0.4, -0.2) is 102 Å². The van der Waals surface area contributed by atoms with Crippen LogP contribution in [0.15, 0.2) is 48.5 Å². The van der Waals surface area contributed by atoms with Crippen LogP contribution in [0.5, 0.6) is 11.5 Å². The molecule has 0 radical (unpaired) electrons. The smallest absolute Gasteiger partial charge is 0.410 e. The highest BCUT2D eigenvalue weighted by molar-refractivity contribution is 5.92. The Morgan fingerprint density at radius 1 is 0.698 bits per heavy atom. The van der Waals surface area contributed by atoms with Gasteiger partial charge in [0.1, 0.15) is 23.9 Å². The lowest BCUT2D eigenvalue weighted by Crippen LogP contribution is -2.50. The Balaban J connectivity index is 1.17. The summed E-state index contributed by atoms with van der Waals surface area (Å²) in [7, 11) is 0. The number of carbonyl (C=O) groups is 6. The van der Waals surface area contributed by atoms with Gasteiger partial charge in [-0.2, -0.15) is 0 Å². The second-order valence-electron chi connectivity index (χ2n) is 18.8. The first-order chi connectivity index (χ1) is 29.9. The predicted octanol–water partition coefficient (Wildman–Crippen LogP) is 6.24. The number of rotatable bonds is 17. The van der Waals surface area contributed by atoms with Gasteiger partial charge in [-0.05, 0) is 128 Å². The summed E-state index contributed by atoms with van der Waals surface area (Å²) in [4.78, 5) is 82.6.